The minimum absolute atomic E-state index is 0.103. The highest BCUT2D eigenvalue weighted by atomic mass is 16.6. The van der Waals surface area contributed by atoms with Crippen LogP contribution in [0.1, 0.15) is 61.3 Å². The molecule has 10 heteroatoms. The van der Waals surface area contributed by atoms with E-state index in [1.165, 1.54) is 16.7 Å². The summed E-state index contributed by atoms with van der Waals surface area (Å²) in [6.45, 7) is 12.1. The van der Waals surface area contributed by atoms with Gasteiger partial charge in [-0.3, -0.25) is 9.59 Å². The number of Topliss-reactive ketones (excluding diaryl/α,β-unsaturated/α-hetero) is 1. The summed E-state index contributed by atoms with van der Waals surface area (Å²) in [6.07, 6.45) is 0.934. The Labute approximate surface area is 218 Å². The first-order chi connectivity index (χ1) is 16.9. The van der Waals surface area contributed by atoms with Crippen molar-refractivity contribution in [2.45, 2.75) is 78.6 Å². The van der Waals surface area contributed by atoms with Crippen molar-refractivity contribution in [3.63, 3.8) is 0 Å². The summed E-state index contributed by atoms with van der Waals surface area (Å²) in [6, 6.07) is 0. The van der Waals surface area contributed by atoms with Crippen LogP contribution in [0.3, 0.4) is 0 Å². The lowest BCUT2D eigenvalue weighted by molar-refractivity contribution is -0.144. The summed E-state index contributed by atoms with van der Waals surface area (Å²) in [5.41, 5.74) is -2.18. The minimum Gasteiger partial charge on any atom is -0.465 e. The number of hydrogen-bond acceptors (Lipinski definition) is 8. The number of rotatable bonds is 6. The number of fused-ring (bicyclic) bond motifs is 1. The molecule has 3 aliphatic rings. The van der Waals surface area contributed by atoms with Crippen molar-refractivity contribution in [1.82, 2.24) is 9.80 Å². The molecule has 3 rings (SSSR count). The molecule has 1 fully saturated rings. The van der Waals surface area contributed by atoms with Crippen molar-refractivity contribution in [2.75, 3.05) is 33.8 Å². The Morgan fingerprint density at radius 3 is 2.11 bits per heavy atom. The normalized spacial score (nSPS) is 27.9. The van der Waals surface area contributed by atoms with Gasteiger partial charge in [-0.1, -0.05) is 11.6 Å². The largest absolute Gasteiger partial charge is 0.465 e. The van der Waals surface area contributed by atoms with Gasteiger partial charge in [0.25, 0.3) is 0 Å². The number of hydrogen-bond donors (Lipinski definition) is 1. The van der Waals surface area contributed by atoms with Gasteiger partial charge in [0.15, 0.2) is 5.78 Å². The van der Waals surface area contributed by atoms with Crippen LogP contribution in [0.25, 0.3) is 0 Å². The predicted molar refractivity (Wildman–Crippen MR) is 135 cm³/mol. The zero-order chi connectivity index (χ0) is 28.1. The molecule has 1 N–H and O–H groups in total. The molecule has 3 aliphatic carbocycles. The summed E-state index contributed by atoms with van der Waals surface area (Å²) >= 11 is 0. The minimum atomic E-state index is -1.56. The molecule has 10 nitrogen and oxygen atoms in total. The molecule has 2 amide bonds. The van der Waals surface area contributed by atoms with E-state index in [9.17, 15) is 24.3 Å². The molecule has 1 spiro atoms. The highest BCUT2D eigenvalue weighted by molar-refractivity contribution is 6.09. The smallest absolute Gasteiger partial charge is 0.410 e. The number of nitrogens with zero attached hydrogens (tertiary/aromatic N) is 2. The van der Waals surface area contributed by atoms with Gasteiger partial charge in [0.05, 0.1) is 5.41 Å². The highest BCUT2D eigenvalue weighted by Gasteiger charge is 2.67. The van der Waals surface area contributed by atoms with Crippen molar-refractivity contribution >= 4 is 23.9 Å². The second-order valence-electron chi connectivity index (χ2n) is 12.0. The van der Waals surface area contributed by atoms with E-state index < -0.39 is 52.1 Å². The van der Waals surface area contributed by atoms with Crippen molar-refractivity contribution in [2.24, 2.45) is 10.8 Å². The number of amides is 2. The van der Waals surface area contributed by atoms with Crippen LogP contribution in [-0.2, 0) is 23.8 Å². The molecule has 1 saturated carbocycles. The Morgan fingerprint density at radius 2 is 1.62 bits per heavy atom. The zero-order valence-electron chi connectivity index (χ0n) is 23.4. The van der Waals surface area contributed by atoms with E-state index in [2.05, 4.69) is 0 Å². The number of carbonyl (C=O) groups excluding carboxylic acids is 4. The molecule has 0 aromatic heterocycles. The number of esters is 1. The second-order valence-corrected chi connectivity index (χ2v) is 12.0. The molecule has 37 heavy (non-hydrogen) atoms. The number of ketones is 1. The third-order valence-corrected chi connectivity index (χ3v) is 7.71. The molecular formula is C27H40N2O8. The number of aliphatic hydroxyl groups is 1. The maximum Gasteiger partial charge on any atom is 0.410 e. The van der Waals surface area contributed by atoms with Crippen LogP contribution in [0.5, 0.6) is 0 Å². The van der Waals surface area contributed by atoms with Gasteiger partial charge in [-0.15, -0.1) is 0 Å². The molecular weight excluding hydrogens is 480 g/mol. The third kappa shape index (κ3) is 5.26. The first-order valence-electron chi connectivity index (χ1n) is 12.6. The SMILES string of the molecule is CC(=O)OCC1(C)C=C2C(=O)C(C)(O)C3(CC3)C(C)=C2C1OC(=O)N(C)CCN(C)C(=O)OC(C)(C)C. The molecule has 3 unspecified atom stereocenters. The average molecular weight is 521 g/mol. The number of carbonyl (C=O) groups is 4. The fourth-order valence-corrected chi connectivity index (χ4v) is 5.21. The van der Waals surface area contributed by atoms with E-state index >= 15 is 0 Å². The lowest BCUT2D eigenvalue weighted by Gasteiger charge is -2.40. The number of ether oxygens (including phenoxy) is 3. The summed E-state index contributed by atoms with van der Waals surface area (Å²) < 4.78 is 16.6. The van der Waals surface area contributed by atoms with Crippen LogP contribution < -0.4 is 0 Å². The fourth-order valence-electron chi connectivity index (χ4n) is 5.21. The van der Waals surface area contributed by atoms with E-state index in [-0.39, 0.29) is 19.7 Å². The third-order valence-electron chi connectivity index (χ3n) is 7.71. The van der Waals surface area contributed by atoms with E-state index in [1.807, 2.05) is 6.92 Å². The molecule has 0 heterocycles. The summed E-state index contributed by atoms with van der Waals surface area (Å²) in [4.78, 5) is 53.1. The van der Waals surface area contributed by atoms with Gasteiger partial charge in [0.1, 0.15) is 23.9 Å². The van der Waals surface area contributed by atoms with Gasteiger partial charge in [0, 0.05) is 50.7 Å². The van der Waals surface area contributed by atoms with Crippen LogP contribution in [0, 0.1) is 10.8 Å². The lowest BCUT2D eigenvalue weighted by atomic mass is 9.67. The van der Waals surface area contributed by atoms with Crippen molar-refractivity contribution < 1.29 is 38.5 Å². The monoisotopic (exact) mass is 520 g/mol. The van der Waals surface area contributed by atoms with Crippen molar-refractivity contribution in [1.29, 1.82) is 0 Å². The Bertz CT molecular complexity index is 1060. The Morgan fingerprint density at radius 1 is 1.08 bits per heavy atom. The van der Waals surface area contributed by atoms with E-state index in [0.717, 1.165) is 5.57 Å². The van der Waals surface area contributed by atoms with Crippen molar-refractivity contribution in [3.8, 4) is 0 Å². The summed E-state index contributed by atoms with van der Waals surface area (Å²) in [5.74, 6) is -0.907. The van der Waals surface area contributed by atoms with Gasteiger partial charge in [-0.2, -0.15) is 0 Å². The van der Waals surface area contributed by atoms with E-state index in [4.69, 9.17) is 14.2 Å². The van der Waals surface area contributed by atoms with Gasteiger partial charge in [0.2, 0.25) is 0 Å². The molecule has 0 radical (unpaired) electrons. The molecule has 0 aliphatic heterocycles. The lowest BCUT2D eigenvalue weighted by Crippen LogP contribution is -2.50. The molecule has 3 atom stereocenters. The standard InChI is InChI=1S/C27H40N2O8/c1-16-19-18(20(31)26(7,34)27(16)10-11-27)14-25(6,15-35-17(2)30)21(19)36-22(32)28(8)12-13-29(9)23(33)37-24(3,4)5/h14,21,34H,10-13,15H2,1-9H3. The van der Waals surface area contributed by atoms with Crippen molar-refractivity contribution in [3.05, 3.63) is 22.8 Å². The molecule has 0 aromatic carbocycles. The van der Waals surface area contributed by atoms with Crippen LogP contribution in [0.15, 0.2) is 22.8 Å². The van der Waals surface area contributed by atoms with Gasteiger partial charge < -0.3 is 29.1 Å². The first kappa shape index (κ1) is 28.7. The van der Waals surface area contributed by atoms with Gasteiger partial charge in [-0.05, 0) is 54.4 Å². The van der Waals surface area contributed by atoms with Crippen LogP contribution >= 0.6 is 0 Å². The summed E-state index contributed by atoms with van der Waals surface area (Å²) in [5, 5.41) is 11.2. The Balaban J connectivity index is 1.83. The Hall–Kier alpha value is -2.88. The Kier molecular flexibility index (Phi) is 7.33. The van der Waals surface area contributed by atoms with Crippen LogP contribution in [-0.4, -0.2) is 89.9 Å². The van der Waals surface area contributed by atoms with Crippen LogP contribution in [0.2, 0.25) is 0 Å². The van der Waals surface area contributed by atoms with E-state index in [0.29, 0.717) is 24.0 Å². The topological polar surface area (TPSA) is 123 Å². The highest BCUT2D eigenvalue weighted by Crippen LogP contribution is 2.65. The second kappa shape index (κ2) is 9.45. The average Bonchev–Trinajstić information content (AvgIpc) is 3.54. The maximum absolute atomic E-state index is 13.4. The van der Waals surface area contributed by atoms with E-state index in [1.54, 1.807) is 54.8 Å². The molecule has 0 aromatic rings. The first-order valence-corrected chi connectivity index (χ1v) is 12.6. The van der Waals surface area contributed by atoms with Gasteiger partial charge >= 0.3 is 18.2 Å². The maximum atomic E-state index is 13.4. The predicted octanol–water partition coefficient (Wildman–Crippen LogP) is 3.23. The van der Waals surface area contributed by atoms with Gasteiger partial charge in [-0.25, -0.2) is 9.59 Å². The zero-order valence-corrected chi connectivity index (χ0v) is 23.4. The number of likely N-dealkylation sites (N-methyl/N-ethyl adjacent to an activating group) is 2. The summed E-state index contributed by atoms with van der Waals surface area (Å²) in [7, 11) is 3.14. The molecule has 206 valence electrons. The fraction of sp³-hybridized carbons (Fsp3) is 0.704. The van der Waals surface area contributed by atoms with Crippen LogP contribution in [0.4, 0.5) is 9.59 Å². The molecule has 0 bridgehead atoms. The molecule has 0 saturated heterocycles. The quantitative estimate of drug-likeness (QED) is 0.418.